The third-order valence-corrected chi connectivity index (χ3v) is 4.40. The lowest BCUT2D eigenvalue weighted by molar-refractivity contribution is -0.385. The van der Waals surface area contributed by atoms with Crippen molar-refractivity contribution < 1.29 is 9.66 Å². The number of nitro benzene ring substituents is 1. The highest BCUT2D eigenvalue weighted by atomic mass is 16.6. The van der Waals surface area contributed by atoms with Gasteiger partial charge in [-0.2, -0.15) is 0 Å². The van der Waals surface area contributed by atoms with Gasteiger partial charge < -0.3 is 4.74 Å². The van der Waals surface area contributed by atoms with Crippen LogP contribution in [0.1, 0.15) is 30.5 Å². The van der Waals surface area contributed by atoms with Gasteiger partial charge in [-0.25, -0.2) is 0 Å². The molecule has 0 spiro atoms. The highest BCUT2D eigenvalue weighted by molar-refractivity contribution is 5.90. The van der Waals surface area contributed by atoms with Crippen LogP contribution in [0.15, 0.2) is 42.5 Å². The van der Waals surface area contributed by atoms with Crippen molar-refractivity contribution in [3.05, 3.63) is 69.3 Å². The van der Waals surface area contributed by atoms with E-state index < -0.39 is 0 Å². The highest BCUT2D eigenvalue weighted by Gasteiger charge is 2.33. The van der Waals surface area contributed by atoms with E-state index in [-0.39, 0.29) is 16.0 Å². The molecule has 2 aromatic carbocycles. The number of methoxy groups -OCH3 is 1. The van der Waals surface area contributed by atoms with Gasteiger partial charge in [0.05, 0.1) is 17.6 Å². The third kappa shape index (κ3) is 2.72. The van der Waals surface area contributed by atoms with Gasteiger partial charge in [-0.15, -0.1) is 0 Å². The van der Waals surface area contributed by atoms with Crippen molar-refractivity contribution in [3.63, 3.8) is 0 Å². The van der Waals surface area contributed by atoms with E-state index in [9.17, 15) is 10.1 Å². The molecule has 3 rings (SSSR count). The Bertz CT molecular complexity index is 806. The van der Waals surface area contributed by atoms with Gasteiger partial charge in [0.1, 0.15) is 5.75 Å². The number of rotatable bonds is 3. The molecule has 0 amide bonds. The summed E-state index contributed by atoms with van der Waals surface area (Å²) in [6.07, 6.45) is 2.89. The number of hydrogen-bond acceptors (Lipinski definition) is 3. The van der Waals surface area contributed by atoms with Crippen LogP contribution < -0.4 is 4.74 Å². The van der Waals surface area contributed by atoms with Crippen LogP contribution in [-0.4, -0.2) is 12.0 Å². The third-order valence-electron chi connectivity index (χ3n) is 4.40. The molecule has 1 aliphatic carbocycles. The van der Waals surface area contributed by atoms with E-state index in [0.29, 0.717) is 5.56 Å². The van der Waals surface area contributed by atoms with Crippen molar-refractivity contribution in [1.82, 2.24) is 0 Å². The van der Waals surface area contributed by atoms with Crippen LogP contribution in [0.2, 0.25) is 0 Å². The molecular weight excluding hydrogens is 290 g/mol. The largest absolute Gasteiger partial charge is 0.497 e. The first-order valence-corrected chi connectivity index (χ1v) is 7.55. The molecule has 0 unspecified atom stereocenters. The van der Waals surface area contributed by atoms with Crippen LogP contribution in [0.5, 0.6) is 5.75 Å². The van der Waals surface area contributed by atoms with Crippen LogP contribution in [0.4, 0.5) is 5.69 Å². The fourth-order valence-electron chi connectivity index (χ4n) is 3.23. The number of fused-ring (bicyclic) bond motifs is 1. The van der Waals surface area contributed by atoms with E-state index in [4.69, 9.17) is 4.74 Å². The van der Waals surface area contributed by atoms with Gasteiger partial charge in [-0.1, -0.05) is 38.1 Å². The van der Waals surface area contributed by atoms with Crippen LogP contribution in [0, 0.1) is 15.5 Å². The summed E-state index contributed by atoms with van der Waals surface area (Å²) < 4.78 is 5.30. The Balaban J connectivity index is 2.18. The number of allylic oxidation sites excluding steroid dienone is 1. The van der Waals surface area contributed by atoms with Gasteiger partial charge in [0.25, 0.3) is 5.69 Å². The normalized spacial score (nSPS) is 15.5. The number of para-hydroxylation sites is 1. The summed E-state index contributed by atoms with van der Waals surface area (Å²) in [5, 5.41) is 11.4. The van der Waals surface area contributed by atoms with Crippen molar-refractivity contribution >= 4 is 17.3 Å². The standard InChI is InChI=1S/C19H19NO3/c1-19(2)12-14-10-15(23-3)9-8-13(14)11-17(19)16-6-4-5-7-18(16)20(21)22/h4-11H,12H2,1-3H3. The summed E-state index contributed by atoms with van der Waals surface area (Å²) in [5.41, 5.74) is 3.97. The van der Waals surface area contributed by atoms with E-state index in [0.717, 1.165) is 23.3 Å². The quantitative estimate of drug-likeness (QED) is 0.608. The Morgan fingerprint density at radius 1 is 1.17 bits per heavy atom. The lowest BCUT2D eigenvalue weighted by Crippen LogP contribution is -2.21. The molecule has 118 valence electrons. The minimum atomic E-state index is -0.310. The zero-order valence-corrected chi connectivity index (χ0v) is 13.5. The average Bonchev–Trinajstić information content (AvgIpc) is 2.52. The summed E-state index contributed by atoms with van der Waals surface area (Å²) in [6.45, 7) is 4.25. The molecule has 0 aromatic heterocycles. The first kappa shape index (κ1) is 15.3. The van der Waals surface area contributed by atoms with Crippen LogP contribution >= 0.6 is 0 Å². The predicted molar refractivity (Wildman–Crippen MR) is 91.4 cm³/mol. The Labute approximate surface area is 135 Å². The predicted octanol–water partition coefficient (Wildman–Crippen LogP) is 4.73. The molecule has 4 nitrogen and oxygen atoms in total. The van der Waals surface area contributed by atoms with E-state index in [1.807, 2.05) is 30.3 Å². The second-order valence-electron chi connectivity index (χ2n) is 6.46. The Kier molecular flexibility index (Phi) is 3.68. The molecule has 0 saturated heterocycles. The lowest BCUT2D eigenvalue weighted by atomic mass is 9.70. The van der Waals surface area contributed by atoms with Gasteiger partial charge in [0.15, 0.2) is 0 Å². The molecule has 0 heterocycles. The lowest BCUT2D eigenvalue weighted by Gasteiger charge is -2.33. The molecule has 2 aromatic rings. The minimum Gasteiger partial charge on any atom is -0.497 e. The van der Waals surface area contributed by atoms with Gasteiger partial charge in [0.2, 0.25) is 0 Å². The molecular formula is C19H19NO3. The number of nitrogens with zero attached hydrogens (tertiary/aromatic N) is 1. The molecule has 0 radical (unpaired) electrons. The minimum absolute atomic E-state index is 0.156. The zero-order valence-electron chi connectivity index (χ0n) is 13.5. The number of nitro groups is 1. The van der Waals surface area contributed by atoms with Crippen molar-refractivity contribution in [2.45, 2.75) is 20.3 Å². The van der Waals surface area contributed by atoms with Crippen LogP contribution in [0.25, 0.3) is 11.6 Å². The molecule has 0 atom stereocenters. The molecule has 0 aliphatic heterocycles. The molecule has 0 fully saturated rings. The topological polar surface area (TPSA) is 52.4 Å². The monoisotopic (exact) mass is 309 g/mol. The Morgan fingerprint density at radius 2 is 1.91 bits per heavy atom. The first-order chi connectivity index (χ1) is 10.9. The molecule has 0 N–H and O–H groups in total. The van der Waals surface area contributed by atoms with Gasteiger partial charge in [-0.3, -0.25) is 10.1 Å². The van der Waals surface area contributed by atoms with Crippen molar-refractivity contribution in [3.8, 4) is 5.75 Å². The molecule has 0 saturated carbocycles. The fourth-order valence-corrected chi connectivity index (χ4v) is 3.23. The zero-order chi connectivity index (χ0) is 16.6. The van der Waals surface area contributed by atoms with Gasteiger partial charge in [-0.05, 0) is 46.7 Å². The van der Waals surface area contributed by atoms with E-state index in [1.54, 1.807) is 19.2 Å². The van der Waals surface area contributed by atoms with E-state index in [2.05, 4.69) is 19.9 Å². The molecule has 0 bridgehead atoms. The Morgan fingerprint density at radius 3 is 2.61 bits per heavy atom. The van der Waals surface area contributed by atoms with Crippen LogP contribution in [-0.2, 0) is 6.42 Å². The first-order valence-electron chi connectivity index (χ1n) is 7.55. The maximum Gasteiger partial charge on any atom is 0.276 e. The SMILES string of the molecule is COc1ccc2c(c1)CC(C)(C)C(c1ccccc1[N+](=O)[O-])=C2. The maximum absolute atomic E-state index is 11.4. The summed E-state index contributed by atoms with van der Waals surface area (Å²) >= 11 is 0. The summed E-state index contributed by atoms with van der Waals surface area (Å²) in [7, 11) is 1.66. The van der Waals surface area contributed by atoms with E-state index in [1.165, 1.54) is 5.56 Å². The summed E-state index contributed by atoms with van der Waals surface area (Å²) in [4.78, 5) is 11.1. The van der Waals surface area contributed by atoms with Gasteiger partial charge >= 0.3 is 0 Å². The Hall–Kier alpha value is -2.62. The highest BCUT2D eigenvalue weighted by Crippen LogP contribution is 2.46. The molecule has 4 heteroatoms. The molecule has 1 aliphatic rings. The summed E-state index contributed by atoms with van der Waals surface area (Å²) in [6, 6.07) is 12.9. The summed E-state index contributed by atoms with van der Waals surface area (Å²) in [5.74, 6) is 0.835. The van der Waals surface area contributed by atoms with Crippen LogP contribution in [0.3, 0.4) is 0 Å². The number of benzene rings is 2. The van der Waals surface area contributed by atoms with Crippen molar-refractivity contribution in [1.29, 1.82) is 0 Å². The molecule has 23 heavy (non-hydrogen) atoms. The number of hydrogen-bond donors (Lipinski definition) is 0. The smallest absolute Gasteiger partial charge is 0.276 e. The fraction of sp³-hybridized carbons (Fsp3) is 0.263. The van der Waals surface area contributed by atoms with E-state index >= 15 is 0 Å². The number of ether oxygens (including phenoxy) is 1. The average molecular weight is 309 g/mol. The van der Waals surface area contributed by atoms with Crippen molar-refractivity contribution in [2.75, 3.05) is 7.11 Å². The maximum atomic E-state index is 11.4. The van der Waals surface area contributed by atoms with Gasteiger partial charge in [0, 0.05) is 6.07 Å². The second-order valence-corrected chi connectivity index (χ2v) is 6.46. The van der Waals surface area contributed by atoms with Crippen molar-refractivity contribution in [2.24, 2.45) is 5.41 Å². The second kappa shape index (κ2) is 5.54.